The fourth-order valence-corrected chi connectivity index (χ4v) is 4.00. The first kappa shape index (κ1) is 19.0. The van der Waals surface area contributed by atoms with Gasteiger partial charge in [0, 0.05) is 32.2 Å². The normalized spacial score (nSPS) is 32.5. The fraction of sp³-hybridized carbons (Fsp3) is 0.889. The van der Waals surface area contributed by atoms with Gasteiger partial charge < -0.3 is 14.7 Å². The molecule has 2 saturated heterocycles. The standard InChI is InChI=1S/C18H32N2O4/c1-12-6-13(2)9-19(8-12)15-7-14(16(21)22)10-20(11-15)17(23)24-18(3,4)5/h12-15H,6-11H2,1-5H3,(H,21,22)/t12-,13+,14-,15+/m0/s1. The van der Waals surface area contributed by atoms with Gasteiger partial charge in [-0.25, -0.2) is 4.79 Å². The monoisotopic (exact) mass is 340 g/mol. The minimum Gasteiger partial charge on any atom is -0.481 e. The van der Waals surface area contributed by atoms with Gasteiger partial charge in [0.2, 0.25) is 0 Å². The van der Waals surface area contributed by atoms with Crippen LogP contribution in [0.4, 0.5) is 4.79 Å². The number of carbonyl (C=O) groups excluding carboxylic acids is 1. The maximum Gasteiger partial charge on any atom is 0.410 e. The van der Waals surface area contributed by atoms with Crippen LogP contribution in [-0.4, -0.2) is 64.8 Å². The van der Waals surface area contributed by atoms with E-state index >= 15 is 0 Å². The third kappa shape index (κ3) is 5.10. The van der Waals surface area contributed by atoms with Crippen molar-refractivity contribution in [1.29, 1.82) is 0 Å². The van der Waals surface area contributed by atoms with E-state index in [0.29, 0.717) is 24.8 Å². The number of hydrogen-bond donors (Lipinski definition) is 1. The van der Waals surface area contributed by atoms with Crippen LogP contribution in [0.15, 0.2) is 0 Å². The molecule has 0 spiro atoms. The molecule has 138 valence electrons. The van der Waals surface area contributed by atoms with E-state index in [0.717, 1.165) is 13.1 Å². The second-order valence-electron chi connectivity index (χ2n) is 8.71. The van der Waals surface area contributed by atoms with Crippen LogP contribution in [0, 0.1) is 17.8 Å². The molecule has 2 fully saturated rings. The highest BCUT2D eigenvalue weighted by Crippen LogP contribution is 2.28. The molecule has 4 atom stereocenters. The number of likely N-dealkylation sites (tertiary alicyclic amines) is 2. The first-order chi connectivity index (χ1) is 11.0. The van der Waals surface area contributed by atoms with Crippen LogP contribution >= 0.6 is 0 Å². The highest BCUT2D eigenvalue weighted by atomic mass is 16.6. The maximum atomic E-state index is 12.4. The Morgan fingerprint density at radius 3 is 2.08 bits per heavy atom. The van der Waals surface area contributed by atoms with Gasteiger partial charge in [0.25, 0.3) is 0 Å². The summed E-state index contributed by atoms with van der Waals surface area (Å²) in [6, 6.07) is 0.0950. The van der Waals surface area contributed by atoms with E-state index in [1.807, 2.05) is 20.8 Å². The number of aliphatic carboxylic acids is 1. The largest absolute Gasteiger partial charge is 0.481 e. The molecule has 1 amide bonds. The van der Waals surface area contributed by atoms with Crippen LogP contribution in [0.5, 0.6) is 0 Å². The molecule has 6 heteroatoms. The highest BCUT2D eigenvalue weighted by molar-refractivity contribution is 5.73. The van der Waals surface area contributed by atoms with Gasteiger partial charge in [0.1, 0.15) is 5.60 Å². The van der Waals surface area contributed by atoms with Crippen LogP contribution in [0.1, 0.15) is 47.5 Å². The number of carboxylic acids is 1. The summed E-state index contributed by atoms with van der Waals surface area (Å²) < 4.78 is 5.46. The number of piperidine rings is 2. The molecule has 0 aromatic carbocycles. The number of nitrogens with zero attached hydrogens (tertiary/aromatic N) is 2. The summed E-state index contributed by atoms with van der Waals surface area (Å²) in [5, 5.41) is 9.49. The molecule has 1 N–H and O–H groups in total. The van der Waals surface area contributed by atoms with Crippen LogP contribution in [0.25, 0.3) is 0 Å². The zero-order chi connectivity index (χ0) is 18.1. The predicted octanol–water partition coefficient (Wildman–Crippen LogP) is 2.67. The molecule has 0 saturated carbocycles. The molecule has 6 nitrogen and oxygen atoms in total. The zero-order valence-electron chi connectivity index (χ0n) is 15.6. The number of carboxylic acid groups (broad SMARTS) is 1. The lowest BCUT2D eigenvalue weighted by molar-refractivity contribution is -0.144. The van der Waals surface area contributed by atoms with Crippen molar-refractivity contribution in [1.82, 2.24) is 9.80 Å². The Morgan fingerprint density at radius 2 is 1.58 bits per heavy atom. The second-order valence-corrected chi connectivity index (χ2v) is 8.71. The molecule has 2 rings (SSSR count). The van der Waals surface area contributed by atoms with Crippen molar-refractivity contribution in [3.05, 3.63) is 0 Å². The lowest BCUT2D eigenvalue weighted by Crippen LogP contribution is -2.57. The first-order valence-electron chi connectivity index (χ1n) is 9.00. The van der Waals surface area contributed by atoms with E-state index in [-0.39, 0.29) is 12.6 Å². The van der Waals surface area contributed by atoms with E-state index in [9.17, 15) is 14.7 Å². The van der Waals surface area contributed by atoms with Crippen molar-refractivity contribution in [3.8, 4) is 0 Å². The minimum absolute atomic E-state index is 0.0950. The van der Waals surface area contributed by atoms with E-state index in [2.05, 4.69) is 18.7 Å². The van der Waals surface area contributed by atoms with Gasteiger partial charge in [-0.05, 0) is 45.4 Å². The summed E-state index contributed by atoms with van der Waals surface area (Å²) in [7, 11) is 0. The van der Waals surface area contributed by atoms with Crippen LogP contribution in [0.3, 0.4) is 0 Å². The predicted molar refractivity (Wildman–Crippen MR) is 91.9 cm³/mol. The molecule has 0 bridgehead atoms. The van der Waals surface area contributed by atoms with Gasteiger partial charge in [-0.1, -0.05) is 13.8 Å². The van der Waals surface area contributed by atoms with Gasteiger partial charge in [-0.15, -0.1) is 0 Å². The van der Waals surface area contributed by atoms with E-state index in [4.69, 9.17) is 4.74 Å². The van der Waals surface area contributed by atoms with Crippen molar-refractivity contribution < 1.29 is 19.4 Å². The Balaban J connectivity index is 2.10. The summed E-state index contributed by atoms with van der Waals surface area (Å²) in [6.07, 6.45) is 1.41. The number of amides is 1. The maximum absolute atomic E-state index is 12.4. The molecule has 0 aromatic rings. The Labute approximate surface area is 145 Å². The zero-order valence-corrected chi connectivity index (χ0v) is 15.6. The van der Waals surface area contributed by atoms with Crippen molar-refractivity contribution in [2.75, 3.05) is 26.2 Å². The van der Waals surface area contributed by atoms with E-state index < -0.39 is 23.6 Å². The summed E-state index contributed by atoms with van der Waals surface area (Å²) in [4.78, 5) is 28.0. The second kappa shape index (κ2) is 7.30. The Kier molecular flexibility index (Phi) is 5.78. The van der Waals surface area contributed by atoms with Gasteiger partial charge in [0.15, 0.2) is 0 Å². The minimum atomic E-state index is -0.827. The molecule has 0 unspecified atom stereocenters. The Hall–Kier alpha value is -1.30. The first-order valence-corrected chi connectivity index (χ1v) is 9.00. The summed E-state index contributed by atoms with van der Waals surface area (Å²) in [5.41, 5.74) is -0.573. The molecular formula is C18H32N2O4. The van der Waals surface area contributed by atoms with Crippen molar-refractivity contribution in [3.63, 3.8) is 0 Å². The molecule has 0 aromatic heterocycles. The lowest BCUT2D eigenvalue weighted by Gasteiger charge is -2.45. The Bertz CT molecular complexity index is 464. The average molecular weight is 340 g/mol. The average Bonchev–Trinajstić information content (AvgIpc) is 2.43. The summed E-state index contributed by atoms with van der Waals surface area (Å²) in [5.74, 6) is -0.141. The van der Waals surface area contributed by atoms with E-state index in [1.165, 1.54) is 6.42 Å². The molecular weight excluding hydrogens is 308 g/mol. The number of hydrogen-bond acceptors (Lipinski definition) is 4. The number of rotatable bonds is 2. The Morgan fingerprint density at radius 1 is 1.00 bits per heavy atom. The van der Waals surface area contributed by atoms with Crippen molar-refractivity contribution in [2.45, 2.75) is 59.1 Å². The lowest BCUT2D eigenvalue weighted by atomic mass is 9.87. The van der Waals surface area contributed by atoms with Gasteiger partial charge in [-0.2, -0.15) is 0 Å². The molecule has 2 heterocycles. The summed E-state index contributed by atoms with van der Waals surface area (Å²) in [6.45, 7) is 12.7. The number of ether oxygens (including phenoxy) is 1. The van der Waals surface area contributed by atoms with E-state index in [1.54, 1.807) is 4.90 Å². The number of carbonyl (C=O) groups is 2. The van der Waals surface area contributed by atoms with Crippen LogP contribution < -0.4 is 0 Å². The van der Waals surface area contributed by atoms with Crippen LogP contribution in [0.2, 0.25) is 0 Å². The molecule has 0 aliphatic carbocycles. The van der Waals surface area contributed by atoms with Crippen molar-refractivity contribution in [2.24, 2.45) is 17.8 Å². The van der Waals surface area contributed by atoms with Gasteiger partial charge in [-0.3, -0.25) is 9.69 Å². The smallest absolute Gasteiger partial charge is 0.410 e. The van der Waals surface area contributed by atoms with Gasteiger partial charge in [0.05, 0.1) is 5.92 Å². The molecule has 24 heavy (non-hydrogen) atoms. The van der Waals surface area contributed by atoms with Crippen molar-refractivity contribution >= 4 is 12.1 Å². The van der Waals surface area contributed by atoms with Gasteiger partial charge >= 0.3 is 12.1 Å². The topological polar surface area (TPSA) is 70.1 Å². The molecule has 2 aliphatic heterocycles. The summed E-state index contributed by atoms with van der Waals surface area (Å²) >= 11 is 0. The highest BCUT2D eigenvalue weighted by Gasteiger charge is 2.39. The van der Waals surface area contributed by atoms with Crippen LogP contribution in [-0.2, 0) is 9.53 Å². The SMILES string of the molecule is C[C@@H]1C[C@H](C)CN([C@@H]2C[C@H](C(=O)O)CN(C(=O)OC(C)(C)C)C2)C1. The molecule has 0 radical (unpaired) electrons. The molecule has 2 aliphatic rings. The quantitative estimate of drug-likeness (QED) is 0.837. The fourth-order valence-electron chi connectivity index (χ4n) is 4.00. The third-order valence-electron chi connectivity index (χ3n) is 4.84. The third-order valence-corrected chi connectivity index (χ3v) is 4.84.